The first kappa shape index (κ1) is 15.9. The average molecular weight is 266 g/mol. The quantitative estimate of drug-likeness (QED) is 0.698. The van der Waals surface area contributed by atoms with Crippen LogP contribution in [0.4, 0.5) is 0 Å². The van der Waals surface area contributed by atoms with E-state index in [0.717, 1.165) is 18.5 Å². The van der Waals surface area contributed by atoms with E-state index in [1.54, 1.807) is 6.20 Å². The number of ether oxygens (including phenoxy) is 2. The monoisotopic (exact) mass is 266 g/mol. The van der Waals surface area contributed by atoms with Crippen LogP contribution in [0, 0.1) is 0 Å². The minimum absolute atomic E-state index is 0.233. The summed E-state index contributed by atoms with van der Waals surface area (Å²) in [7, 11) is 0. The van der Waals surface area contributed by atoms with Crippen molar-refractivity contribution in [1.29, 1.82) is 0 Å². The van der Waals surface area contributed by atoms with E-state index in [4.69, 9.17) is 9.47 Å². The van der Waals surface area contributed by atoms with Crippen molar-refractivity contribution in [2.75, 3.05) is 19.8 Å². The van der Waals surface area contributed by atoms with E-state index >= 15 is 0 Å². The molecule has 4 heteroatoms. The van der Waals surface area contributed by atoms with Crippen molar-refractivity contribution in [2.24, 2.45) is 0 Å². The summed E-state index contributed by atoms with van der Waals surface area (Å²) in [5, 5.41) is 3.45. The molecule has 19 heavy (non-hydrogen) atoms. The number of hydrogen-bond donors (Lipinski definition) is 1. The molecular formula is C15H26N2O2. The molecule has 1 atom stereocenters. The smallest absolute Gasteiger partial charge is 0.218 e. The van der Waals surface area contributed by atoms with Crippen LogP contribution in [-0.4, -0.2) is 30.8 Å². The Kier molecular flexibility index (Phi) is 7.45. The molecule has 1 rings (SSSR count). The number of hydrogen-bond acceptors (Lipinski definition) is 4. The Morgan fingerprint density at radius 2 is 2.05 bits per heavy atom. The molecule has 0 aliphatic carbocycles. The number of nitrogens with zero attached hydrogens (tertiary/aromatic N) is 1. The van der Waals surface area contributed by atoms with Crippen LogP contribution in [0.25, 0.3) is 0 Å². The molecule has 0 aliphatic rings. The molecule has 1 aromatic heterocycles. The molecule has 1 N–H and O–H groups in total. The molecule has 0 spiro atoms. The SMILES string of the molecule is CCCNC(C)c1cccnc1OCCOC(C)C. The third-order valence-corrected chi connectivity index (χ3v) is 2.74. The lowest BCUT2D eigenvalue weighted by Gasteiger charge is -2.17. The van der Waals surface area contributed by atoms with Gasteiger partial charge in [0.15, 0.2) is 0 Å². The van der Waals surface area contributed by atoms with Gasteiger partial charge in [0.05, 0.1) is 12.7 Å². The zero-order valence-corrected chi connectivity index (χ0v) is 12.5. The summed E-state index contributed by atoms with van der Waals surface area (Å²) in [4.78, 5) is 4.31. The predicted molar refractivity (Wildman–Crippen MR) is 77.5 cm³/mol. The van der Waals surface area contributed by atoms with Crippen LogP contribution in [0.2, 0.25) is 0 Å². The van der Waals surface area contributed by atoms with Crippen LogP contribution < -0.4 is 10.1 Å². The summed E-state index contributed by atoms with van der Waals surface area (Å²) in [5.41, 5.74) is 1.10. The molecule has 0 amide bonds. The maximum Gasteiger partial charge on any atom is 0.218 e. The van der Waals surface area contributed by atoms with E-state index in [-0.39, 0.29) is 12.1 Å². The van der Waals surface area contributed by atoms with Crippen molar-refractivity contribution >= 4 is 0 Å². The topological polar surface area (TPSA) is 43.4 Å². The minimum atomic E-state index is 0.233. The van der Waals surface area contributed by atoms with Crippen molar-refractivity contribution in [1.82, 2.24) is 10.3 Å². The third kappa shape index (κ3) is 6.03. The van der Waals surface area contributed by atoms with Gasteiger partial charge in [0.25, 0.3) is 0 Å². The van der Waals surface area contributed by atoms with Crippen LogP contribution in [-0.2, 0) is 4.74 Å². The van der Waals surface area contributed by atoms with Crippen LogP contribution in [0.3, 0.4) is 0 Å². The summed E-state index contributed by atoms with van der Waals surface area (Å²) in [6.45, 7) is 10.4. The molecule has 1 unspecified atom stereocenters. The summed E-state index contributed by atoms with van der Waals surface area (Å²) in [5.74, 6) is 0.700. The van der Waals surface area contributed by atoms with E-state index in [9.17, 15) is 0 Å². The largest absolute Gasteiger partial charge is 0.475 e. The molecule has 0 bridgehead atoms. The highest BCUT2D eigenvalue weighted by atomic mass is 16.5. The maximum absolute atomic E-state index is 5.71. The second kappa shape index (κ2) is 8.88. The van der Waals surface area contributed by atoms with Crippen LogP contribution in [0.15, 0.2) is 18.3 Å². The van der Waals surface area contributed by atoms with Gasteiger partial charge >= 0.3 is 0 Å². The van der Waals surface area contributed by atoms with Gasteiger partial charge in [0.2, 0.25) is 5.88 Å². The number of nitrogens with one attached hydrogen (secondary N) is 1. The van der Waals surface area contributed by atoms with Crippen molar-refractivity contribution in [3.05, 3.63) is 23.9 Å². The van der Waals surface area contributed by atoms with Gasteiger partial charge in [-0.05, 0) is 39.8 Å². The van der Waals surface area contributed by atoms with E-state index in [2.05, 4.69) is 30.2 Å². The zero-order valence-electron chi connectivity index (χ0n) is 12.5. The fourth-order valence-electron chi connectivity index (χ4n) is 1.75. The normalized spacial score (nSPS) is 12.7. The van der Waals surface area contributed by atoms with E-state index in [0.29, 0.717) is 19.1 Å². The summed E-state index contributed by atoms with van der Waals surface area (Å²) in [6.07, 6.45) is 3.11. The highest BCUT2D eigenvalue weighted by Crippen LogP contribution is 2.22. The van der Waals surface area contributed by atoms with Gasteiger partial charge in [-0.1, -0.05) is 13.0 Å². The van der Waals surface area contributed by atoms with Crippen molar-refractivity contribution in [2.45, 2.75) is 46.3 Å². The molecule has 4 nitrogen and oxygen atoms in total. The Morgan fingerprint density at radius 3 is 2.74 bits per heavy atom. The molecule has 0 aliphatic heterocycles. The highest BCUT2D eigenvalue weighted by molar-refractivity contribution is 5.28. The lowest BCUT2D eigenvalue weighted by Crippen LogP contribution is -2.21. The van der Waals surface area contributed by atoms with Gasteiger partial charge in [0, 0.05) is 17.8 Å². The molecule has 0 saturated heterocycles. The van der Waals surface area contributed by atoms with Crippen molar-refractivity contribution < 1.29 is 9.47 Å². The van der Waals surface area contributed by atoms with Crippen molar-refractivity contribution in [3.8, 4) is 5.88 Å². The summed E-state index contributed by atoms with van der Waals surface area (Å²) < 4.78 is 11.2. The Bertz CT molecular complexity index is 356. The van der Waals surface area contributed by atoms with Gasteiger partial charge in [-0.2, -0.15) is 0 Å². The Balaban J connectivity index is 2.52. The first-order valence-corrected chi connectivity index (χ1v) is 7.07. The third-order valence-electron chi connectivity index (χ3n) is 2.74. The molecule has 1 heterocycles. The minimum Gasteiger partial charge on any atom is -0.475 e. The van der Waals surface area contributed by atoms with E-state index in [1.165, 1.54) is 0 Å². The second-order valence-corrected chi connectivity index (χ2v) is 4.84. The van der Waals surface area contributed by atoms with E-state index < -0.39 is 0 Å². The first-order valence-electron chi connectivity index (χ1n) is 7.07. The van der Waals surface area contributed by atoms with Crippen LogP contribution in [0.5, 0.6) is 5.88 Å². The van der Waals surface area contributed by atoms with Gasteiger partial charge in [0.1, 0.15) is 6.61 Å². The summed E-state index contributed by atoms with van der Waals surface area (Å²) in [6, 6.07) is 4.24. The predicted octanol–water partition coefficient (Wildman–Crippen LogP) is 2.95. The zero-order chi connectivity index (χ0) is 14.1. The molecule has 1 aromatic rings. The second-order valence-electron chi connectivity index (χ2n) is 4.84. The number of pyridine rings is 1. The maximum atomic E-state index is 5.71. The van der Waals surface area contributed by atoms with Crippen molar-refractivity contribution in [3.63, 3.8) is 0 Å². The Morgan fingerprint density at radius 1 is 1.26 bits per heavy atom. The van der Waals surface area contributed by atoms with Gasteiger partial charge in [-0.25, -0.2) is 4.98 Å². The van der Waals surface area contributed by atoms with E-state index in [1.807, 2.05) is 19.9 Å². The molecule has 0 radical (unpaired) electrons. The average Bonchev–Trinajstić information content (AvgIpc) is 2.41. The molecule has 0 aromatic carbocycles. The molecular weight excluding hydrogens is 240 g/mol. The number of rotatable bonds is 9. The molecule has 0 saturated carbocycles. The molecule has 0 fully saturated rings. The first-order chi connectivity index (χ1) is 9.15. The summed E-state index contributed by atoms with van der Waals surface area (Å²) >= 11 is 0. The highest BCUT2D eigenvalue weighted by Gasteiger charge is 2.11. The van der Waals surface area contributed by atoms with Gasteiger partial charge in [-0.15, -0.1) is 0 Å². The standard InChI is InChI=1S/C15H26N2O2/c1-5-8-16-13(4)14-7-6-9-17-15(14)19-11-10-18-12(2)3/h6-7,9,12-13,16H,5,8,10-11H2,1-4H3. The van der Waals surface area contributed by atoms with Crippen LogP contribution >= 0.6 is 0 Å². The Labute approximate surface area is 116 Å². The Hall–Kier alpha value is -1.13. The van der Waals surface area contributed by atoms with Gasteiger partial charge < -0.3 is 14.8 Å². The fourth-order valence-corrected chi connectivity index (χ4v) is 1.75. The molecule has 108 valence electrons. The number of aromatic nitrogens is 1. The van der Waals surface area contributed by atoms with Gasteiger partial charge in [-0.3, -0.25) is 0 Å². The van der Waals surface area contributed by atoms with Crippen LogP contribution in [0.1, 0.15) is 45.7 Å². The fraction of sp³-hybridized carbons (Fsp3) is 0.667. The lowest BCUT2D eigenvalue weighted by atomic mass is 10.1. The lowest BCUT2D eigenvalue weighted by molar-refractivity contribution is 0.0539.